The first-order chi connectivity index (χ1) is 9.48. The number of tetrazole rings is 1. The number of aromatic nitrogens is 4. The summed E-state index contributed by atoms with van der Waals surface area (Å²) >= 11 is 3.49. The number of nitrogen functional groups attached to an aromatic ring is 1. The van der Waals surface area contributed by atoms with Gasteiger partial charge in [-0.05, 0) is 53.3 Å². The molecule has 1 aromatic heterocycles. The van der Waals surface area contributed by atoms with Gasteiger partial charge in [-0.1, -0.05) is 29.3 Å². The predicted molar refractivity (Wildman–Crippen MR) is 82.1 cm³/mol. The first-order valence-corrected chi connectivity index (χ1v) is 7.60. The Kier molecular flexibility index (Phi) is 3.28. The van der Waals surface area contributed by atoms with Crippen LogP contribution in [-0.4, -0.2) is 20.2 Å². The lowest BCUT2D eigenvalue weighted by Gasteiger charge is -2.38. The standard InChI is InChI=1S/C14H18BrN5/c1-9-11(6-10(15)7-12(9)16)13-17-18-19-20(13)8-14(2)4-3-5-14/h6-7H,3-5,8,16H2,1-2H3. The lowest BCUT2D eigenvalue weighted by atomic mass is 9.70. The molecule has 0 aliphatic heterocycles. The summed E-state index contributed by atoms with van der Waals surface area (Å²) < 4.78 is 2.85. The van der Waals surface area contributed by atoms with E-state index < -0.39 is 0 Å². The van der Waals surface area contributed by atoms with Gasteiger partial charge in [-0.2, -0.15) is 0 Å². The topological polar surface area (TPSA) is 69.6 Å². The van der Waals surface area contributed by atoms with Gasteiger partial charge < -0.3 is 5.73 Å². The number of rotatable bonds is 3. The molecule has 1 saturated carbocycles. The summed E-state index contributed by atoms with van der Waals surface area (Å²) in [5.41, 5.74) is 9.12. The molecule has 0 bridgehead atoms. The van der Waals surface area contributed by atoms with Gasteiger partial charge in [-0.3, -0.25) is 0 Å². The van der Waals surface area contributed by atoms with Crippen LogP contribution >= 0.6 is 15.9 Å². The van der Waals surface area contributed by atoms with Crippen LogP contribution in [0.5, 0.6) is 0 Å². The molecular weight excluding hydrogens is 318 g/mol. The Morgan fingerprint density at radius 2 is 2.15 bits per heavy atom. The van der Waals surface area contributed by atoms with E-state index in [2.05, 4.69) is 38.4 Å². The molecule has 1 heterocycles. The molecule has 1 aliphatic carbocycles. The molecule has 3 rings (SSSR count). The number of hydrogen-bond donors (Lipinski definition) is 1. The average Bonchev–Trinajstić information content (AvgIpc) is 2.79. The smallest absolute Gasteiger partial charge is 0.182 e. The van der Waals surface area contributed by atoms with Crippen LogP contribution in [-0.2, 0) is 6.54 Å². The fourth-order valence-corrected chi connectivity index (χ4v) is 3.21. The summed E-state index contributed by atoms with van der Waals surface area (Å²) in [5.74, 6) is 0.795. The molecule has 2 N–H and O–H groups in total. The van der Waals surface area contributed by atoms with E-state index in [1.165, 1.54) is 19.3 Å². The van der Waals surface area contributed by atoms with E-state index in [4.69, 9.17) is 5.73 Å². The van der Waals surface area contributed by atoms with Crippen LogP contribution in [0.3, 0.4) is 0 Å². The van der Waals surface area contributed by atoms with Gasteiger partial charge in [0.1, 0.15) is 0 Å². The number of nitrogens with two attached hydrogens (primary N) is 1. The van der Waals surface area contributed by atoms with Crippen LogP contribution < -0.4 is 5.73 Å². The zero-order chi connectivity index (χ0) is 14.3. The third-order valence-corrected chi connectivity index (χ3v) is 4.74. The van der Waals surface area contributed by atoms with Gasteiger partial charge in [-0.25, -0.2) is 4.68 Å². The zero-order valence-corrected chi connectivity index (χ0v) is 13.3. The summed E-state index contributed by atoms with van der Waals surface area (Å²) in [5, 5.41) is 12.2. The third kappa shape index (κ3) is 2.32. The van der Waals surface area contributed by atoms with Gasteiger partial charge in [0.05, 0.1) is 6.54 Å². The summed E-state index contributed by atoms with van der Waals surface area (Å²) in [6, 6.07) is 3.93. The molecule has 0 atom stereocenters. The second-order valence-electron chi connectivity index (χ2n) is 5.99. The summed E-state index contributed by atoms with van der Waals surface area (Å²) in [7, 11) is 0. The third-order valence-electron chi connectivity index (χ3n) is 4.28. The molecule has 106 valence electrons. The van der Waals surface area contributed by atoms with Crippen LogP contribution in [0.2, 0.25) is 0 Å². The summed E-state index contributed by atoms with van der Waals surface area (Å²) in [6.45, 7) is 5.16. The SMILES string of the molecule is Cc1c(N)cc(Br)cc1-c1nnnn1CC1(C)CCC1. The minimum Gasteiger partial charge on any atom is -0.398 e. The van der Waals surface area contributed by atoms with Crippen LogP contribution in [0.15, 0.2) is 16.6 Å². The Morgan fingerprint density at radius 1 is 1.40 bits per heavy atom. The molecular formula is C14H18BrN5. The van der Waals surface area contributed by atoms with Gasteiger partial charge in [-0.15, -0.1) is 5.10 Å². The minimum absolute atomic E-state index is 0.329. The van der Waals surface area contributed by atoms with E-state index in [1.807, 2.05) is 23.7 Å². The monoisotopic (exact) mass is 335 g/mol. The maximum Gasteiger partial charge on any atom is 0.182 e. The van der Waals surface area contributed by atoms with Crippen molar-refractivity contribution in [3.05, 3.63) is 22.2 Å². The van der Waals surface area contributed by atoms with Crippen molar-refractivity contribution in [1.29, 1.82) is 0 Å². The molecule has 0 spiro atoms. The van der Waals surface area contributed by atoms with E-state index in [-0.39, 0.29) is 0 Å². The van der Waals surface area contributed by atoms with Crippen molar-refractivity contribution in [2.45, 2.75) is 39.7 Å². The molecule has 0 amide bonds. The fraction of sp³-hybridized carbons (Fsp3) is 0.500. The molecule has 0 saturated heterocycles. The van der Waals surface area contributed by atoms with E-state index in [0.717, 1.165) is 33.7 Å². The Morgan fingerprint density at radius 3 is 2.80 bits per heavy atom. The molecule has 1 aliphatic rings. The van der Waals surface area contributed by atoms with Crippen molar-refractivity contribution >= 4 is 21.6 Å². The van der Waals surface area contributed by atoms with Crippen LogP contribution in [0, 0.1) is 12.3 Å². The highest BCUT2D eigenvalue weighted by Gasteiger charge is 2.33. The van der Waals surface area contributed by atoms with E-state index >= 15 is 0 Å². The first-order valence-electron chi connectivity index (χ1n) is 6.81. The average molecular weight is 336 g/mol. The highest BCUT2D eigenvalue weighted by atomic mass is 79.9. The highest BCUT2D eigenvalue weighted by molar-refractivity contribution is 9.10. The molecule has 6 heteroatoms. The van der Waals surface area contributed by atoms with Gasteiger partial charge in [0.2, 0.25) is 0 Å². The minimum atomic E-state index is 0.329. The van der Waals surface area contributed by atoms with Crippen LogP contribution in [0.1, 0.15) is 31.7 Å². The Balaban J connectivity index is 2.01. The van der Waals surface area contributed by atoms with E-state index in [9.17, 15) is 0 Å². The number of nitrogens with zero attached hydrogens (tertiary/aromatic N) is 4. The lowest BCUT2D eigenvalue weighted by Crippen LogP contribution is -2.31. The number of anilines is 1. The largest absolute Gasteiger partial charge is 0.398 e. The van der Waals surface area contributed by atoms with Crippen molar-refractivity contribution in [3.63, 3.8) is 0 Å². The van der Waals surface area contributed by atoms with Crippen molar-refractivity contribution in [2.24, 2.45) is 5.41 Å². The summed E-state index contributed by atoms with van der Waals surface area (Å²) in [6.07, 6.45) is 3.79. The van der Waals surface area contributed by atoms with Crippen molar-refractivity contribution in [1.82, 2.24) is 20.2 Å². The van der Waals surface area contributed by atoms with Crippen LogP contribution in [0.25, 0.3) is 11.4 Å². The van der Waals surface area contributed by atoms with E-state index in [1.54, 1.807) is 0 Å². The summed E-state index contributed by atoms with van der Waals surface area (Å²) in [4.78, 5) is 0. The van der Waals surface area contributed by atoms with Gasteiger partial charge >= 0.3 is 0 Å². The zero-order valence-electron chi connectivity index (χ0n) is 11.7. The normalized spacial score (nSPS) is 16.9. The van der Waals surface area contributed by atoms with Crippen molar-refractivity contribution < 1.29 is 0 Å². The number of halogens is 1. The molecule has 2 aromatic rings. The predicted octanol–water partition coefficient (Wildman–Crippen LogP) is 3.18. The molecule has 0 unspecified atom stereocenters. The Labute approximate surface area is 126 Å². The Bertz CT molecular complexity index is 645. The number of benzene rings is 1. The fourth-order valence-electron chi connectivity index (χ4n) is 2.74. The quantitative estimate of drug-likeness (QED) is 0.874. The van der Waals surface area contributed by atoms with Crippen molar-refractivity contribution in [2.75, 3.05) is 5.73 Å². The second kappa shape index (κ2) is 4.84. The van der Waals surface area contributed by atoms with Gasteiger partial charge in [0.15, 0.2) is 5.82 Å². The molecule has 5 nitrogen and oxygen atoms in total. The second-order valence-corrected chi connectivity index (χ2v) is 6.91. The maximum absolute atomic E-state index is 6.03. The van der Waals surface area contributed by atoms with Crippen LogP contribution in [0.4, 0.5) is 5.69 Å². The van der Waals surface area contributed by atoms with Gasteiger partial charge in [0.25, 0.3) is 0 Å². The first kappa shape index (κ1) is 13.5. The molecule has 1 fully saturated rings. The van der Waals surface area contributed by atoms with Gasteiger partial charge in [0, 0.05) is 15.7 Å². The van der Waals surface area contributed by atoms with E-state index in [0.29, 0.717) is 5.41 Å². The Hall–Kier alpha value is -1.43. The highest BCUT2D eigenvalue weighted by Crippen LogP contribution is 2.42. The molecule has 20 heavy (non-hydrogen) atoms. The number of hydrogen-bond acceptors (Lipinski definition) is 4. The molecule has 1 aromatic carbocycles. The van der Waals surface area contributed by atoms with Crippen molar-refractivity contribution in [3.8, 4) is 11.4 Å². The lowest BCUT2D eigenvalue weighted by molar-refractivity contribution is 0.126. The molecule has 0 radical (unpaired) electrons. The maximum atomic E-state index is 6.03.